The first-order valence-electron chi connectivity index (χ1n) is 5.60. The van der Waals surface area contributed by atoms with Crippen molar-refractivity contribution in [2.75, 3.05) is 26.1 Å². The van der Waals surface area contributed by atoms with Crippen LogP contribution in [-0.4, -0.2) is 41.1 Å². The fourth-order valence-corrected chi connectivity index (χ4v) is 1.52. The van der Waals surface area contributed by atoms with Gasteiger partial charge in [0.2, 0.25) is 0 Å². The number of ether oxygens (including phenoxy) is 2. The molecule has 0 aliphatic carbocycles. The summed E-state index contributed by atoms with van der Waals surface area (Å²) in [5, 5.41) is 9.30. The first-order valence-corrected chi connectivity index (χ1v) is 5.60. The minimum Gasteiger partial charge on any atom is -0.392 e. The molecule has 0 fully saturated rings. The Morgan fingerprint density at radius 3 is 2.83 bits per heavy atom. The van der Waals surface area contributed by atoms with Crippen molar-refractivity contribution in [2.45, 2.75) is 26.2 Å². The number of rotatable bonds is 6. The third-order valence-electron chi connectivity index (χ3n) is 2.43. The van der Waals surface area contributed by atoms with Gasteiger partial charge in [-0.2, -0.15) is 4.98 Å². The Morgan fingerprint density at radius 1 is 1.61 bits per heavy atom. The Bertz CT molecular complexity index is 446. The average molecular weight is 257 g/mol. The molecule has 1 rings (SSSR count). The molecular formula is C11H19N3O4. The monoisotopic (exact) mass is 257 g/mol. The van der Waals surface area contributed by atoms with Gasteiger partial charge in [-0.1, -0.05) is 0 Å². The third-order valence-corrected chi connectivity index (χ3v) is 2.43. The summed E-state index contributed by atoms with van der Waals surface area (Å²) in [5.74, 6) is 0.179. The zero-order valence-electron chi connectivity index (χ0n) is 10.8. The first-order chi connectivity index (χ1) is 8.49. The van der Waals surface area contributed by atoms with Gasteiger partial charge in [0.25, 0.3) is 0 Å². The Kier molecular flexibility index (Phi) is 5.26. The van der Waals surface area contributed by atoms with Crippen molar-refractivity contribution in [3.8, 4) is 0 Å². The number of methoxy groups -OCH3 is 1. The SMILES string of the molecule is COC[C@H](C)O[C@H](CO)n1cc(C)c(N)nc1=O. The largest absolute Gasteiger partial charge is 0.392 e. The highest BCUT2D eigenvalue weighted by Crippen LogP contribution is 2.11. The molecule has 2 atom stereocenters. The third kappa shape index (κ3) is 3.52. The van der Waals surface area contributed by atoms with E-state index >= 15 is 0 Å². The van der Waals surface area contributed by atoms with E-state index in [4.69, 9.17) is 15.2 Å². The fourth-order valence-electron chi connectivity index (χ4n) is 1.52. The molecule has 7 nitrogen and oxygen atoms in total. The normalized spacial score (nSPS) is 14.4. The van der Waals surface area contributed by atoms with Crippen molar-refractivity contribution in [1.82, 2.24) is 9.55 Å². The summed E-state index contributed by atoms with van der Waals surface area (Å²) in [5.41, 5.74) is 5.63. The average Bonchev–Trinajstić information content (AvgIpc) is 2.31. The molecule has 0 radical (unpaired) electrons. The molecule has 18 heavy (non-hydrogen) atoms. The zero-order valence-corrected chi connectivity index (χ0v) is 10.8. The minimum absolute atomic E-state index is 0.179. The summed E-state index contributed by atoms with van der Waals surface area (Å²) < 4.78 is 11.7. The van der Waals surface area contributed by atoms with Gasteiger partial charge in [-0.25, -0.2) is 4.79 Å². The van der Waals surface area contributed by atoms with Crippen molar-refractivity contribution in [3.63, 3.8) is 0 Å². The second-order valence-electron chi connectivity index (χ2n) is 4.04. The van der Waals surface area contributed by atoms with E-state index in [1.54, 1.807) is 21.0 Å². The molecule has 0 saturated carbocycles. The molecule has 1 aromatic heterocycles. The molecule has 0 aliphatic heterocycles. The standard InChI is InChI=1S/C11H19N3O4/c1-7-4-14(11(16)13-10(7)12)9(5-15)18-8(2)6-17-3/h4,8-9,15H,5-6H2,1-3H3,(H2,12,13,16)/t8-,9+/m0/s1. The Labute approximate surface area is 105 Å². The van der Waals surface area contributed by atoms with E-state index in [0.717, 1.165) is 0 Å². The summed E-state index contributed by atoms with van der Waals surface area (Å²) in [6, 6.07) is 0. The Morgan fingerprint density at radius 2 is 2.28 bits per heavy atom. The maximum absolute atomic E-state index is 11.7. The molecule has 3 N–H and O–H groups in total. The topological polar surface area (TPSA) is 99.6 Å². The number of nitrogens with two attached hydrogens (primary N) is 1. The van der Waals surface area contributed by atoms with Crippen molar-refractivity contribution in [2.24, 2.45) is 0 Å². The Balaban J connectivity index is 2.95. The summed E-state index contributed by atoms with van der Waals surface area (Å²) >= 11 is 0. The summed E-state index contributed by atoms with van der Waals surface area (Å²) in [4.78, 5) is 15.3. The van der Waals surface area contributed by atoms with Crippen molar-refractivity contribution < 1.29 is 14.6 Å². The molecule has 0 aliphatic rings. The molecule has 0 aromatic carbocycles. The van der Waals surface area contributed by atoms with Crippen LogP contribution >= 0.6 is 0 Å². The highest BCUT2D eigenvalue weighted by atomic mass is 16.5. The molecule has 0 amide bonds. The van der Waals surface area contributed by atoms with Crippen LogP contribution in [0.3, 0.4) is 0 Å². The number of nitrogens with zero attached hydrogens (tertiary/aromatic N) is 2. The lowest BCUT2D eigenvalue weighted by molar-refractivity contribution is -0.0957. The number of aliphatic hydroxyl groups excluding tert-OH is 1. The van der Waals surface area contributed by atoms with Crippen molar-refractivity contribution in [1.29, 1.82) is 0 Å². The van der Waals surface area contributed by atoms with Gasteiger partial charge in [0.1, 0.15) is 5.82 Å². The number of anilines is 1. The predicted octanol–water partition coefficient (Wildman–Crippen LogP) is -0.324. The number of hydrogen-bond donors (Lipinski definition) is 2. The van der Waals surface area contributed by atoms with Crippen LogP contribution < -0.4 is 11.4 Å². The van der Waals surface area contributed by atoms with Gasteiger partial charge in [0, 0.05) is 18.9 Å². The van der Waals surface area contributed by atoms with Crippen LogP contribution in [0.15, 0.2) is 11.0 Å². The van der Waals surface area contributed by atoms with Crippen LogP contribution in [0.5, 0.6) is 0 Å². The molecule has 7 heteroatoms. The van der Waals surface area contributed by atoms with Gasteiger partial charge in [-0.05, 0) is 13.8 Å². The van der Waals surface area contributed by atoms with Crippen molar-refractivity contribution in [3.05, 3.63) is 22.2 Å². The van der Waals surface area contributed by atoms with Gasteiger partial charge in [0.05, 0.1) is 19.3 Å². The highest BCUT2D eigenvalue weighted by Gasteiger charge is 2.17. The van der Waals surface area contributed by atoms with Gasteiger partial charge < -0.3 is 20.3 Å². The second kappa shape index (κ2) is 6.48. The molecule has 0 spiro atoms. The zero-order chi connectivity index (χ0) is 13.7. The van der Waals surface area contributed by atoms with Gasteiger partial charge in [0.15, 0.2) is 6.23 Å². The predicted molar refractivity (Wildman–Crippen MR) is 66.2 cm³/mol. The molecule has 1 heterocycles. The summed E-state index contributed by atoms with van der Waals surface area (Å²) in [7, 11) is 1.55. The van der Waals surface area contributed by atoms with Gasteiger partial charge >= 0.3 is 5.69 Å². The minimum atomic E-state index is -0.797. The quantitative estimate of drug-likeness (QED) is 0.724. The van der Waals surface area contributed by atoms with E-state index in [1.165, 1.54) is 10.8 Å². The van der Waals surface area contributed by atoms with E-state index in [-0.39, 0.29) is 18.5 Å². The maximum atomic E-state index is 11.7. The van der Waals surface area contributed by atoms with E-state index in [2.05, 4.69) is 4.98 Å². The van der Waals surface area contributed by atoms with Crippen LogP contribution in [0, 0.1) is 6.92 Å². The summed E-state index contributed by atoms with van der Waals surface area (Å²) in [6.45, 7) is 3.55. The fraction of sp³-hybridized carbons (Fsp3) is 0.636. The van der Waals surface area contributed by atoms with Crippen LogP contribution in [0.4, 0.5) is 5.82 Å². The number of nitrogen functional groups attached to an aromatic ring is 1. The van der Waals surface area contributed by atoms with Gasteiger partial charge in [-0.15, -0.1) is 0 Å². The Hall–Kier alpha value is -1.44. The van der Waals surface area contributed by atoms with Crippen molar-refractivity contribution >= 4 is 5.82 Å². The van der Waals surface area contributed by atoms with E-state index in [9.17, 15) is 9.90 Å². The highest BCUT2D eigenvalue weighted by molar-refractivity contribution is 5.35. The lowest BCUT2D eigenvalue weighted by Gasteiger charge is -2.22. The number of aliphatic hydroxyl groups is 1. The van der Waals surface area contributed by atoms with E-state index < -0.39 is 11.9 Å². The lowest BCUT2D eigenvalue weighted by atomic mass is 10.3. The molecular weight excluding hydrogens is 238 g/mol. The van der Waals surface area contributed by atoms with Crippen LogP contribution in [0.25, 0.3) is 0 Å². The molecule has 102 valence electrons. The number of aromatic nitrogens is 2. The van der Waals surface area contributed by atoms with E-state index in [1.807, 2.05) is 0 Å². The number of aryl methyl sites for hydroxylation is 1. The molecule has 1 aromatic rings. The van der Waals surface area contributed by atoms with Crippen LogP contribution in [0.2, 0.25) is 0 Å². The summed E-state index contributed by atoms with van der Waals surface area (Å²) in [6.07, 6.45) is 0.469. The lowest BCUT2D eigenvalue weighted by Crippen LogP contribution is -2.33. The smallest absolute Gasteiger partial charge is 0.351 e. The molecule has 0 saturated heterocycles. The van der Waals surface area contributed by atoms with E-state index in [0.29, 0.717) is 12.2 Å². The first kappa shape index (κ1) is 14.6. The number of hydrogen-bond acceptors (Lipinski definition) is 6. The maximum Gasteiger partial charge on any atom is 0.351 e. The molecule has 0 bridgehead atoms. The van der Waals surface area contributed by atoms with Gasteiger partial charge in [-0.3, -0.25) is 4.57 Å². The van der Waals surface area contributed by atoms with Crippen LogP contribution in [0.1, 0.15) is 18.7 Å². The second-order valence-corrected chi connectivity index (χ2v) is 4.04. The molecule has 0 unspecified atom stereocenters. The van der Waals surface area contributed by atoms with Crippen LogP contribution in [-0.2, 0) is 9.47 Å².